The largest absolute Gasteiger partial charge is 0.497 e. The number of hydrogen-bond donors (Lipinski definition) is 1. The number of esters is 2. The number of carbonyl (C=O) groups is 3. The third kappa shape index (κ3) is 4.62. The average molecular weight is 496 g/mol. The van der Waals surface area contributed by atoms with Crippen LogP contribution in [0.1, 0.15) is 49.5 Å². The highest BCUT2D eigenvalue weighted by Crippen LogP contribution is 2.49. The second-order valence-electron chi connectivity index (χ2n) is 8.41. The molecule has 2 heterocycles. The standard InChI is InChI=1S/C27H29NO6S/c1-5-33-26(30)21-15(3)28-19-14-18(16-9-7-10-17(13-16)32-4)22(27(31)34-6-2)25(29)23(19)24(21)20-11-8-12-35-20/h7-13,18,22,24,28H,5-6,14H2,1-4H3/t18-,22+,24+/m0/s1. The van der Waals surface area contributed by atoms with Crippen LogP contribution < -0.4 is 10.1 Å². The maximum Gasteiger partial charge on any atom is 0.336 e. The molecule has 1 aromatic heterocycles. The lowest BCUT2D eigenvalue weighted by molar-refractivity contribution is -0.152. The van der Waals surface area contributed by atoms with E-state index in [9.17, 15) is 14.4 Å². The molecule has 0 saturated heterocycles. The minimum atomic E-state index is -1.04. The van der Waals surface area contributed by atoms with E-state index in [1.54, 1.807) is 21.0 Å². The van der Waals surface area contributed by atoms with E-state index in [4.69, 9.17) is 14.2 Å². The van der Waals surface area contributed by atoms with Gasteiger partial charge in [-0.3, -0.25) is 9.59 Å². The van der Waals surface area contributed by atoms with Crippen LogP contribution in [0.25, 0.3) is 0 Å². The Morgan fingerprint density at radius 1 is 1.11 bits per heavy atom. The fourth-order valence-corrected chi connectivity index (χ4v) is 5.78. The van der Waals surface area contributed by atoms with Crippen LogP contribution in [0, 0.1) is 5.92 Å². The molecule has 8 heteroatoms. The summed E-state index contributed by atoms with van der Waals surface area (Å²) in [5, 5.41) is 5.22. The lowest BCUT2D eigenvalue weighted by atomic mass is 9.68. The number of hydrogen-bond acceptors (Lipinski definition) is 8. The zero-order chi connectivity index (χ0) is 25.1. The van der Waals surface area contributed by atoms with E-state index in [0.717, 1.165) is 10.4 Å². The molecule has 0 bridgehead atoms. The van der Waals surface area contributed by atoms with Crippen molar-refractivity contribution in [3.63, 3.8) is 0 Å². The molecule has 3 atom stereocenters. The smallest absolute Gasteiger partial charge is 0.336 e. The summed E-state index contributed by atoms with van der Waals surface area (Å²) in [6.45, 7) is 5.67. The van der Waals surface area contributed by atoms with Gasteiger partial charge < -0.3 is 19.5 Å². The molecule has 0 radical (unpaired) electrons. The highest BCUT2D eigenvalue weighted by Gasteiger charge is 2.49. The van der Waals surface area contributed by atoms with Crippen LogP contribution >= 0.6 is 11.3 Å². The Kier molecular flexibility index (Phi) is 7.40. The number of nitrogens with one attached hydrogen (secondary N) is 1. The number of thiophene rings is 1. The van der Waals surface area contributed by atoms with Crippen LogP contribution in [0.5, 0.6) is 5.75 Å². The van der Waals surface area contributed by atoms with Crippen molar-refractivity contribution in [1.82, 2.24) is 5.32 Å². The molecule has 0 fully saturated rings. The van der Waals surface area contributed by atoms with Crippen molar-refractivity contribution in [2.45, 2.75) is 39.0 Å². The van der Waals surface area contributed by atoms with Crippen molar-refractivity contribution in [1.29, 1.82) is 0 Å². The highest BCUT2D eigenvalue weighted by atomic mass is 32.1. The second-order valence-corrected chi connectivity index (χ2v) is 9.39. The third-order valence-electron chi connectivity index (χ3n) is 6.40. The van der Waals surface area contributed by atoms with E-state index in [1.807, 2.05) is 48.7 Å². The molecular formula is C27H29NO6S. The minimum absolute atomic E-state index is 0.166. The molecule has 184 valence electrons. The number of ether oxygens (including phenoxy) is 3. The predicted octanol–water partition coefficient (Wildman–Crippen LogP) is 4.47. The van der Waals surface area contributed by atoms with Gasteiger partial charge in [-0.25, -0.2) is 4.79 Å². The van der Waals surface area contributed by atoms with Gasteiger partial charge in [-0.1, -0.05) is 18.2 Å². The first-order chi connectivity index (χ1) is 16.9. The quantitative estimate of drug-likeness (QED) is 0.448. The number of rotatable bonds is 7. The number of carbonyl (C=O) groups excluding carboxylic acids is 3. The molecular weight excluding hydrogens is 466 g/mol. The van der Waals surface area contributed by atoms with Gasteiger partial charge in [0.1, 0.15) is 11.7 Å². The van der Waals surface area contributed by atoms with Crippen LogP contribution in [-0.2, 0) is 23.9 Å². The normalized spacial score (nSPS) is 21.8. The van der Waals surface area contributed by atoms with E-state index in [2.05, 4.69) is 5.32 Å². The topological polar surface area (TPSA) is 90.9 Å². The summed E-state index contributed by atoms with van der Waals surface area (Å²) in [7, 11) is 1.58. The Morgan fingerprint density at radius 2 is 1.89 bits per heavy atom. The molecule has 1 aliphatic heterocycles. The van der Waals surface area contributed by atoms with Gasteiger partial charge in [0.2, 0.25) is 0 Å². The Hall–Kier alpha value is -3.39. The molecule has 0 saturated carbocycles. The minimum Gasteiger partial charge on any atom is -0.497 e. The maximum absolute atomic E-state index is 14.2. The molecule has 1 aliphatic carbocycles. The average Bonchev–Trinajstić information content (AvgIpc) is 3.38. The molecule has 1 N–H and O–H groups in total. The van der Waals surface area contributed by atoms with Crippen molar-refractivity contribution < 1.29 is 28.6 Å². The Bertz CT molecular complexity index is 1200. The van der Waals surface area contributed by atoms with Gasteiger partial charge in [-0.05, 0) is 56.3 Å². The maximum atomic E-state index is 14.2. The number of Topliss-reactive ketones (excluding diaryl/α,β-unsaturated/α-hetero) is 1. The Morgan fingerprint density at radius 3 is 2.54 bits per heavy atom. The van der Waals surface area contributed by atoms with Crippen molar-refractivity contribution in [3.8, 4) is 5.75 Å². The molecule has 0 unspecified atom stereocenters. The van der Waals surface area contributed by atoms with E-state index >= 15 is 0 Å². The summed E-state index contributed by atoms with van der Waals surface area (Å²) < 4.78 is 16.1. The SMILES string of the molecule is CCOC(=O)C1=C(C)NC2=C(C(=O)[C@H](C(=O)OCC)[C@H](c3cccc(OC)c3)C2)[C@@H]1c1cccs1. The molecule has 2 aromatic rings. The lowest BCUT2D eigenvalue weighted by Crippen LogP contribution is -2.43. The summed E-state index contributed by atoms with van der Waals surface area (Å²) in [5.74, 6) is -2.82. The fourth-order valence-electron chi connectivity index (χ4n) is 4.94. The van der Waals surface area contributed by atoms with Gasteiger partial charge in [0.05, 0.1) is 31.8 Å². The molecule has 0 spiro atoms. The van der Waals surface area contributed by atoms with Gasteiger partial charge >= 0.3 is 11.9 Å². The Labute approximate surface area is 208 Å². The van der Waals surface area contributed by atoms with Gasteiger partial charge in [-0.2, -0.15) is 0 Å². The molecule has 0 amide bonds. The second kappa shape index (κ2) is 10.5. The molecule has 35 heavy (non-hydrogen) atoms. The molecule has 1 aromatic carbocycles. The number of methoxy groups -OCH3 is 1. The molecule has 7 nitrogen and oxygen atoms in total. The summed E-state index contributed by atoms with van der Waals surface area (Å²) in [6, 6.07) is 11.2. The number of ketones is 1. The van der Waals surface area contributed by atoms with Crippen LogP contribution in [0.2, 0.25) is 0 Å². The van der Waals surface area contributed by atoms with E-state index < -0.39 is 29.7 Å². The van der Waals surface area contributed by atoms with E-state index in [-0.39, 0.29) is 19.0 Å². The fraction of sp³-hybridized carbons (Fsp3) is 0.370. The monoisotopic (exact) mass is 495 g/mol. The highest BCUT2D eigenvalue weighted by molar-refractivity contribution is 7.10. The number of dihydropyridines is 1. The van der Waals surface area contributed by atoms with Gasteiger partial charge in [-0.15, -0.1) is 11.3 Å². The number of allylic oxidation sites excluding steroid dienone is 3. The first-order valence-corrected chi connectivity index (χ1v) is 12.5. The van der Waals surface area contributed by atoms with Crippen molar-refractivity contribution >= 4 is 29.1 Å². The van der Waals surface area contributed by atoms with Crippen molar-refractivity contribution in [2.75, 3.05) is 20.3 Å². The zero-order valence-electron chi connectivity index (χ0n) is 20.3. The van der Waals surface area contributed by atoms with Crippen LogP contribution in [0.4, 0.5) is 0 Å². The van der Waals surface area contributed by atoms with Crippen molar-refractivity contribution in [3.05, 3.63) is 74.8 Å². The predicted molar refractivity (Wildman–Crippen MR) is 132 cm³/mol. The van der Waals surface area contributed by atoms with Crippen molar-refractivity contribution in [2.24, 2.45) is 5.92 Å². The molecule has 4 rings (SSSR count). The summed E-state index contributed by atoms with van der Waals surface area (Å²) >= 11 is 1.46. The van der Waals surface area contributed by atoms with Gasteiger partial charge in [0, 0.05) is 27.8 Å². The Balaban J connectivity index is 1.87. The van der Waals surface area contributed by atoms with Gasteiger partial charge in [0.25, 0.3) is 0 Å². The summed E-state index contributed by atoms with van der Waals surface area (Å²) in [6.07, 6.45) is 0.410. The van der Waals surface area contributed by atoms with Gasteiger partial charge in [0.15, 0.2) is 5.78 Å². The van der Waals surface area contributed by atoms with Crippen LogP contribution in [0.3, 0.4) is 0 Å². The summed E-state index contributed by atoms with van der Waals surface area (Å²) in [4.78, 5) is 41.2. The first-order valence-electron chi connectivity index (χ1n) is 11.7. The first kappa shape index (κ1) is 24.7. The zero-order valence-corrected chi connectivity index (χ0v) is 21.1. The van der Waals surface area contributed by atoms with Crippen LogP contribution in [0.15, 0.2) is 64.3 Å². The summed E-state index contributed by atoms with van der Waals surface area (Å²) in [5.41, 5.74) is 3.00. The van der Waals surface area contributed by atoms with E-state index in [1.165, 1.54) is 11.3 Å². The van der Waals surface area contributed by atoms with E-state index in [0.29, 0.717) is 34.7 Å². The molecule has 2 aliphatic rings. The lowest BCUT2D eigenvalue weighted by Gasteiger charge is -2.39. The third-order valence-corrected chi connectivity index (χ3v) is 7.34. The van der Waals surface area contributed by atoms with Crippen LogP contribution in [-0.4, -0.2) is 38.0 Å². The number of benzene rings is 1.